The van der Waals surface area contributed by atoms with Gasteiger partial charge in [0.15, 0.2) is 0 Å². The van der Waals surface area contributed by atoms with Gasteiger partial charge in [0, 0.05) is 0 Å². The third kappa shape index (κ3) is 4.05. The Kier molecular flexibility index (Phi) is 5.78. The van der Waals surface area contributed by atoms with Gasteiger partial charge in [0.05, 0.1) is 23.4 Å². The van der Waals surface area contributed by atoms with Crippen molar-refractivity contribution in [3.8, 4) is 0 Å². The normalized spacial score (nSPS) is 33.7. The number of aliphatic hydroxyl groups excluding tert-OH is 1. The van der Waals surface area contributed by atoms with E-state index >= 15 is 0 Å². The van der Waals surface area contributed by atoms with E-state index in [4.69, 9.17) is 4.74 Å². The zero-order valence-corrected chi connectivity index (χ0v) is 16.6. The summed E-state index contributed by atoms with van der Waals surface area (Å²) in [6, 6.07) is 0. The molecule has 0 radical (unpaired) electrons. The highest BCUT2D eigenvalue weighted by Crippen LogP contribution is 2.51. The van der Waals surface area contributed by atoms with E-state index in [0.717, 1.165) is 12.8 Å². The van der Waals surface area contributed by atoms with Gasteiger partial charge in [0.2, 0.25) is 0 Å². The molecule has 2 aliphatic carbocycles. The van der Waals surface area contributed by atoms with Gasteiger partial charge in [-0.3, -0.25) is 0 Å². The summed E-state index contributed by atoms with van der Waals surface area (Å²) in [5.74, 6) is 1.56. The van der Waals surface area contributed by atoms with Crippen molar-refractivity contribution in [1.82, 2.24) is 0 Å². The number of rotatable bonds is 6. The number of ether oxygens (including phenoxy) is 1. The standard InChI is InChI=1S/C23H36O2/c1-5-6-7-8-9-10-17-14-20(24)22-18-13-16(2)11-12-19(18)23(3,4)25-21(22)15-17/h13-15,18-19,21-22,24H,5-12H2,1-4H3. The topological polar surface area (TPSA) is 29.5 Å². The predicted molar refractivity (Wildman–Crippen MR) is 105 cm³/mol. The average molecular weight is 345 g/mol. The third-order valence-electron chi connectivity index (χ3n) is 6.51. The molecule has 1 fully saturated rings. The summed E-state index contributed by atoms with van der Waals surface area (Å²) < 4.78 is 6.52. The van der Waals surface area contributed by atoms with Crippen molar-refractivity contribution in [3.05, 3.63) is 35.1 Å². The van der Waals surface area contributed by atoms with E-state index in [9.17, 15) is 5.11 Å². The molecule has 1 N–H and O–H groups in total. The van der Waals surface area contributed by atoms with Gasteiger partial charge in [0.1, 0.15) is 0 Å². The Bertz CT molecular complexity index is 567. The molecule has 0 saturated carbocycles. The Hall–Kier alpha value is -1.02. The summed E-state index contributed by atoms with van der Waals surface area (Å²) in [5.41, 5.74) is 2.61. The summed E-state index contributed by atoms with van der Waals surface area (Å²) in [6.45, 7) is 8.96. The lowest BCUT2D eigenvalue weighted by molar-refractivity contribution is -0.170. The molecule has 4 atom stereocenters. The molecule has 0 aromatic heterocycles. The van der Waals surface area contributed by atoms with Crippen molar-refractivity contribution in [2.45, 2.75) is 90.8 Å². The minimum absolute atomic E-state index is 0.0223. The van der Waals surface area contributed by atoms with Crippen LogP contribution in [0, 0.1) is 17.8 Å². The number of aliphatic hydroxyl groups is 1. The largest absolute Gasteiger partial charge is 0.512 e. The molecule has 25 heavy (non-hydrogen) atoms. The highest BCUT2D eigenvalue weighted by atomic mass is 16.5. The van der Waals surface area contributed by atoms with Crippen LogP contribution in [0.3, 0.4) is 0 Å². The lowest BCUT2D eigenvalue weighted by Crippen LogP contribution is -2.54. The van der Waals surface area contributed by atoms with Crippen molar-refractivity contribution in [2.24, 2.45) is 17.8 Å². The Morgan fingerprint density at radius 1 is 1.16 bits per heavy atom. The van der Waals surface area contributed by atoms with Crippen molar-refractivity contribution in [1.29, 1.82) is 0 Å². The van der Waals surface area contributed by atoms with Crippen LogP contribution in [0.1, 0.15) is 79.1 Å². The molecule has 4 unspecified atom stereocenters. The maximum Gasteiger partial charge on any atom is 0.0991 e. The Balaban J connectivity index is 1.73. The van der Waals surface area contributed by atoms with Crippen LogP contribution in [-0.2, 0) is 4.74 Å². The van der Waals surface area contributed by atoms with Gasteiger partial charge >= 0.3 is 0 Å². The fourth-order valence-electron chi connectivity index (χ4n) is 5.14. The van der Waals surface area contributed by atoms with Crippen LogP contribution in [0.25, 0.3) is 0 Å². The molecule has 0 spiro atoms. The van der Waals surface area contributed by atoms with Crippen LogP contribution in [0.4, 0.5) is 0 Å². The van der Waals surface area contributed by atoms with Gasteiger partial charge in [0.25, 0.3) is 0 Å². The highest BCUT2D eigenvalue weighted by molar-refractivity contribution is 5.33. The van der Waals surface area contributed by atoms with Crippen LogP contribution in [0.5, 0.6) is 0 Å². The van der Waals surface area contributed by atoms with E-state index in [1.54, 1.807) is 0 Å². The first-order chi connectivity index (χ1) is 11.9. The van der Waals surface area contributed by atoms with Gasteiger partial charge in [-0.2, -0.15) is 0 Å². The third-order valence-corrected chi connectivity index (χ3v) is 6.51. The van der Waals surface area contributed by atoms with Gasteiger partial charge < -0.3 is 9.84 Å². The zero-order valence-electron chi connectivity index (χ0n) is 16.6. The molecular weight excluding hydrogens is 308 g/mol. The number of allylic oxidation sites excluding steroid dienone is 4. The Labute approximate surface area is 154 Å². The fourth-order valence-corrected chi connectivity index (χ4v) is 5.14. The quantitative estimate of drug-likeness (QED) is 0.440. The van der Waals surface area contributed by atoms with E-state index in [-0.39, 0.29) is 17.6 Å². The number of hydrogen-bond acceptors (Lipinski definition) is 2. The molecule has 0 amide bonds. The van der Waals surface area contributed by atoms with E-state index in [1.807, 2.05) is 6.08 Å². The summed E-state index contributed by atoms with van der Waals surface area (Å²) in [5, 5.41) is 10.8. The van der Waals surface area contributed by atoms with E-state index in [1.165, 1.54) is 49.7 Å². The first-order valence-corrected chi connectivity index (χ1v) is 10.4. The van der Waals surface area contributed by atoms with Gasteiger partial charge in [-0.05, 0) is 69.9 Å². The van der Waals surface area contributed by atoms with Crippen LogP contribution < -0.4 is 0 Å². The number of hydrogen-bond donors (Lipinski definition) is 1. The summed E-state index contributed by atoms with van der Waals surface area (Å²) in [4.78, 5) is 0. The highest BCUT2D eigenvalue weighted by Gasteiger charge is 2.51. The molecule has 1 heterocycles. The SMILES string of the molecule is CCCCCCCC1=CC2OC(C)(C)C3CCC(C)=CC3C2C(O)=C1. The van der Waals surface area contributed by atoms with Crippen molar-refractivity contribution in [3.63, 3.8) is 0 Å². The molecule has 1 aliphatic heterocycles. The molecule has 0 aromatic carbocycles. The second kappa shape index (κ2) is 7.70. The number of fused-ring (bicyclic) bond motifs is 3. The number of unbranched alkanes of at least 4 members (excludes halogenated alkanes) is 4. The molecule has 140 valence electrons. The van der Waals surface area contributed by atoms with Crippen molar-refractivity contribution < 1.29 is 9.84 Å². The van der Waals surface area contributed by atoms with E-state index < -0.39 is 0 Å². The van der Waals surface area contributed by atoms with Gasteiger partial charge in [-0.1, -0.05) is 50.3 Å². The first kappa shape index (κ1) is 18.8. The molecule has 3 aliphatic rings. The maximum atomic E-state index is 10.8. The van der Waals surface area contributed by atoms with Crippen LogP contribution >= 0.6 is 0 Å². The monoisotopic (exact) mass is 344 g/mol. The maximum absolute atomic E-state index is 10.8. The molecule has 0 bridgehead atoms. The second-order valence-electron chi connectivity index (χ2n) is 8.92. The molecule has 2 nitrogen and oxygen atoms in total. The minimum Gasteiger partial charge on any atom is -0.512 e. The fraction of sp³-hybridized carbons (Fsp3) is 0.739. The molecule has 3 rings (SSSR count). The molecular formula is C23H36O2. The lowest BCUT2D eigenvalue weighted by Gasteiger charge is -2.52. The van der Waals surface area contributed by atoms with E-state index in [0.29, 0.717) is 17.6 Å². The average Bonchev–Trinajstić information content (AvgIpc) is 2.53. The van der Waals surface area contributed by atoms with Crippen LogP contribution in [0.2, 0.25) is 0 Å². The van der Waals surface area contributed by atoms with Gasteiger partial charge in [-0.15, -0.1) is 0 Å². The summed E-state index contributed by atoms with van der Waals surface area (Å²) in [6.07, 6.45) is 16.6. The Morgan fingerprint density at radius 2 is 1.92 bits per heavy atom. The molecule has 2 heteroatoms. The lowest BCUT2D eigenvalue weighted by atomic mass is 9.63. The van der Waals surface area contributed by atoms with Crippen LogP contribution in [0.15, 0.2) is 35.1 Å². The predicted octanol–water partition coefficient (Wildman–Crippen LogP) is 6.49. The Morgan fingerprint density at radius 3 is 2.68 bits per heavy atom. The molecule has 1 saturated heterocycles. The molecule has 0 aromatic rings. The van der Waals surface area contributed by atoms with Crippen molar-refractivity contribution >= 4 is 0 Å². The summed E-state index contributed by atoms with van der Waals surface area (Å²) in [7, 11) is 0. The minimum atomic E-state index is -0.122. The first-order valence-electron chi connectivity index (χ1n) is 10.4. The van der Waals surface area contributed by atoms with Crippen LogP contribution in [-0.4, -0.2) is 16.8 Å². The second-order valence-corrected chi connectivity index (χ2v) is 8.92. The van der Waals surface area contributed by atoms with Gasteiger partial charge in [-0.25, -0.2) is 0 Å². The smallest absolute Gasteiger partial charge is 0.0991 e. The summed E-state index contributed by atoms with van der Waals surface area (Å²) >= 11 is 0. The zero-order chi connectivity index (χ0) is 18.0. The van der Waals surface area contributed by atoms with Crippen molar-refractivity contribution in [2.75, 3.05) is 0 Å². The van der Waals surface area contributed by atoms with E-state index in [2.05, 4.69) is 39.8 Å².